The van der Waals surface area contributed by atoms with Crippen LogP contribution in [0.1, 0.15) is 19.3 Å². The van der Waals surface area contributed by atoms with Crippen molar-refractivity contribution in [2.24, 2.45) is 0 Å². The number of nitro benzene ring substituents is 1. The van der Waals surface area contributed by atoms with Gasteiger partial charge in [0.15, 0.2) is 0 Å². The molecule has 2 N–H and O–H groups in total. The van der Waals surface area contributed by atoms with Gasteiger partial charge in [-0.2, -0.15) is 0 Å². The predicted octanol–water partition coefficient (Wildman–Crippen LogP) is 2.62. The number of hydrogen-bond donors (Lipinski definition) is 2. The number of methoxy groups -OCH3 is 1. The molecule has 6 heteroatoms. The second-order valence-corrected chi connectivity index (χ2v) is 4.80. The second kappa shape index (κ2) is 5.44. The van der Waals surface area contributed by atoms with Crippen molar-refractivity contribution in [1.82, 2.24) is 0 Å². The first-order valence-corrected chi connectivity index (χ1v) is 6.36. The Balaban J connectivity index is 2.18. The summed E-state index contributed by atoms with van der Waals surface area (Å²) in [6.07, 6.45) is 3.14. The minimum Gasteiger partial charge on any atom is -0.382 e. The van der Waals surface area contributed by atoms with Crippen LogP contribution < -0.4 is 10.6 Å². The van der Waals surface area contributed by atoms with Gasteiger partial charge < -0.3 is 15.4 Å². The summed E-state index contributed by atoms with van der Waals surface area (Å²) in [5.41, 5.74) is 0.953. The Kier molecular flexibility index (Phi) is 3.90. The normalized spacial score (nSPS) is 16.5. The van der Waals surface area contributed by atoms with E-state index in [9.17, 15) is 10.1 Å². The molecule has 0 aromatic heterocycles. The Morgan fingerprint density at radius 2 is 2.11 bits per heavy atom. The molecule has 0 aliphatic heterocycles. The summed E-state index contributed by atoms with van der Waals surface area (Å²) in [4.78, 5) is 10.8. The molecule has 0 bridgehead atoms. The van der Waals surface area contributed by atoms with E-state index in [1.807, 2.05) is 0 Å². The van der Waals surface area contributed by atoms with Crippen molar-refractivity contribution < 1.29 is 9.66 Å². The number of rotatable bonds is 6. The zero-order chi connectivity index (χ0) is 13.9. The third-order valence-electron chi connectivity index (χ3n) is 3.79. The highest BCUT2D eigenvalue weighted by molar-refractivity contribution is 5.76. The number of nitrogens with zero attached hydrogens (tertiary/aromatic N) is 1. The molecular formula is C13H19N3O3. The second-order valence-electron chi connectivity index (χ2n) is 4.80. The van der Waals surface area contributed by atoms with Gasteiger partial charge in [-0.25, -0.2) is 0 Å². The molecule has 0 saturated heterocycles. The third-order valence-corrected chi connectivity index (χ3v) is 3.79. The molecule has 19 heavy (non-hydrogen) atoms. The predicted molar refractivity (Wildman–Crippen MR) is 74.7 cm³/mol. The molecule has 1 aliphatic rings. The van der Waals surface area contributed by atoms with Gasteiger partial charge in [0.2, 0.25) is 0 Å². The van der Waals surface area contributed by atoms with Crippen LogP contribution in [-0.2, 0) is 4.74 Å². The minimum atomic E-state index is -0.367. The third kappa shape index (κ3) is 2.63. The van der Waals surface area contributed by atoms with Crippen LogP contribution in [0.5, 0.6) is 0 Å². The van der Waals surface area contributed by atoms with Gasteiger partial charge >= 0.3 is 5.69 Å². The maximum atomic E-state index is 11.2. The lowest BCUT2D eigenvalue weighted by Crippen LogP contribution is -2.45. The summed E-state index contributed by atoms with van der Waals surface area (Å²) in [7, 11) is 3.37. The van der Waals surface area contributed by atoms with Crippen LogP contribution in [0.25, 0.3) is 0 Å². The number of nitro groups is 1. The monoisotopic (exact) mass is 265 g/mol. The maximum Gasteiger partial charge on any atom is 0.315 e. The minimum absolute atomic E-state index is 0.0792. The van der Waals surface area contributed by atoms with Gasteiger partial charge in [-0.3, -0.25) is 10.1 Å². The van der Waals surface area contributed by atoms with Crippen LogP contribution in [0.4, 0.5) is 17.1 Å². The molecule has 1 aromatic carbocycles. The highest BCUT2D eigenvalue weighted by atomic mass is 16.6. The first kappa shape index (κ1) is 13.6. The van der Waals surface area contributed by atoms with E-state index in [2.05, 4.69) is 10.6 Å². The summed E-state index contributed by atoms with van der Waals surface area (Å²) >= 11 is 0. The van der Waals surface area contributed by atoms with E-state index < -0.39 is 0 Å². The molecule has 0 atom stereocenters. The van der Waals surface area contributed by atoms with Gasteiger partial charge in [0.1, 0.15) is 11.4 Å². The number of nitrogens with one attached hydrogen (secondary N) is 2. The SMILES string of the molecule is CNc1cccc(NCC2(OC)CCC2)c1[N+](=O)[O-]. The standard InChI is InChI=1S/C13H19N3O3/c1-14-10-5-3-6-11(12(10)16(17)18)15-9-13(19-2)7-4-8-13/h3,5-6,14-15H,4,7-9H2,1-2H3. The maximum absolute atomic E-state index is 11.2. The lowest BCUT2D eigenvalue weighted by Gasteiger charge is -2.40. The summed E-state index contributed by atoms with van der Waals surface area (Å²) in [5, 5.41) is 17.2. The smallest absolute Gasteiger partial charge is 0.315 e. The van der Waals surface area contributed by atoms with Crippen molar-refractivity contribution in [3.8, 4) is 0 Å². The van der Waals surface area contributed by atoms with E-state index in [0.717, 1.165) is 19.3 Å². The Bertz CT molecular complexity index is 467. The van der Waals surface area contributed by atoms with Crippen molar-refractivity contribution in [2.45, 2.75) is 24.9 Å². The molecule has 0 unspecified atom stereocenters. The van der Waals surface area contributed by atoms with E-state index in [1.54, 1.807) is 32.4 Å². The Labute approximate surface area is 112 Å². The number of benzene rings is 1. The largest absolute Gasteiger partial charge is 0.382 e. The van der Waals surface area contributed by atoms with Gasteiger partial charge in [0.25, 0.3) is 0 Å². The fourth-order valence-electron chi connectivity index (χ4n) is 2.37. The van der Waals surface area contributed by atoms with Gasteiger partial charge in [-0.05, 0) is 31.4 Å². The molecule has 1 aromatic rings. The average molecular weight is 265 g/mol. The first-order valence-electron chi connectivity index (χ1n) is 6.36. The fourth-order valence-corrected chi connectivity index (χ4v) is 2.37. The summed E-state index contributed by atoms with van der Waals surface area (Å²) < 4.78 is 5.50. The van der Waals surface area contributed by atoms with Crippen LogP contribution >= 0.6 is 0 Å². The quantitative estimate of drug-likeness (QED) is 0.610. The highest BCUT2D eigenvalue weighted by Crippen LogP contribution is 2.37. The van der Waals surface area contributed by atoms with Crippen LogP contribution in [0.15, 0.2) is 18.2 Å². The topological polar surface area (TPSA) is 76.4 Å². The number of hydrogen-bond acceptors (Lipinski definition) is 5. The van der Waals surface area contributed by atoms with E-state index in [1.165, 1.54) is 0 Å². The number of para-hydroxylation sites is 1. The molecule has 0 amide bonds. The lowest BCUT2D eigenvalue weighted by atomic mass is 9.80. The molecule has 0 spiro atoms. The van der Waals surface area contributed by atoms with E-state index in [0.29, 0.717) is 17.9 Å². The first-order chi connectivity index (χ1) is 9.12. The van der Waals surface area contributed by atoms with Crippen LogP contribution in [-0.4, -0.2) is 31.2 Å². The molecule has 1 fully saturated rings. The van der Waals surface area contributed by atoms with Gasteiger partial charge in [0.05, 0.1) is 10.5 Å². The van der Waals surface area contributed by atoms with Crippen molar-refractivity contribution in [1.29, 1.82) is 0 Å². The van der Waals surface area contributed by atoms with Crippen LogP contribution in [0.3, 0.4) is 0 Å². The molecule has 104 valence electrons. The van der Waals surface area contributed by atoms with E-state index in [4.69, 9.17) is 4.74 Å². The number of anilines is 2. The molecular weight excluding hydrogens is 246 g/mol. The lowest BCUT2D eigenvalue weighted by molar-refractivity contribution is -0.383. The molecule has 6 nitrogen and oxygen atoms in total. The number of ether oxygens (including phenoxy) is 1. The van der Waals surface area contributed by atoms with Crippen molar-refractivity contribution in [3.05, 3.63) is 28.3 Å². The van der Waals surface area contributed by atoms with E-state index >= 15 is 0 Å². The average Bonchev–Trinajstić information content (AvgIpc) is 2.37. The van der Waals surface area contributed by atoms with Gasteiger partial charge in [-0.1, -0.05) is 6.07 Å². The molecule has 2 rings (SSSR count). The molecule has 0 heterocycles. The Hall–Kier alpha value is -1.82. The zero-order valence-electron chi connectivity index (χ0n) is 11.2. The fraction of sp³-hybridized carbons (Fsp3) is 0.538. The van der Waals surface area contributed by atoms with Gasteiger partial charge in [0, 0.05) is 20.7 Å². The van der Waals surface area contributed by atoms with Crippen LogP contribution in [0, 0.1) is 10.1 Å². The van der Waals surface area contributed by atoms with Crippen molar-refractivity contribution >= 4 is 17.1 Å². The Morgan fingerprint density at radius 1 is 1.42 bits per heavy atom. The van der Waals surface area contributed by atoms with Crippen LogP contribution in [0.2, 0.25) is 0 Å². The summed E-state index contributed by atoms with van der Waals surface area (Å²) in [5.74, 6) is 0. The van der Waals surface area contributed by atoms with E-state index in [-0.39, 0.29) is 16.2 Å². The zero-order valence-corrected chi connectivity index (χ0v) is 11.2. The summed E-state index contributed by atoms with van der Waals surface area (Å²) in [6, 6.07) is 5.21. The molecule has 1 saturated carbocycles. The molecule has 1 aliphatic carbocycles. The highest BCUT2D eigenvalue weighted by Gasteiger charge is 2.37. The Morgan fingerprint density at radius 3 is 2.58 bits per heavy atom. The van der Waals surface area contributed by atoms with Crippen molar-refractivity contribution in [2.75, 3.05) is 31.3 Å². The summed E-state index contributed by atoms with van der Waals surface area (Å²) in [6.45, 7) is 0.595. The van der Waals surface area contributed by atoms with Gasteiger partial charge in [-0.15, -0.1) is 0 Å². The molecule has 0 radical (unpaired) electrons. The van der Waals surface area contributed by atoms with Crippen molar-refractivity contribution in [3.63, 3.8) is 0 Å².